The molecule has 0 bridgehead atoms. The van der Waals surface area contributed by atoms with Gasteiger partial charge >= 0.3 is 0 Å². The molecule has 0 saturated carbocycles. The van der Waals surface area contributed by atoms with E-state index < -0.39 is 10.8 Å². The maximum absolute atomic E-state index is 2.57. The molecule has 0 fully saturated rings. The minimum Gasteiger partial charge on any atom is -0.310 e. The number of hydrogen-bond acceptors (Lipinski definition) is 1. The van der Waals surface area contributed by atoms with Crippen molar-refractivity contribution in [2.75, 3.05) is 4.90 Å². The molecule has 0 radical (unpaired) electrons. The molecule has 12 aromatic rings. The number of para-hydroxylation sites is 3. The summed E-state index contributed by atoms with van der Waals surface area (Å²) in [5.41, 5.74) is 24.5. The van der Waals surface area contributed by atoms with Crippen molar-refractivity contribution in [1.82, 2.24) is 4.57 Å². The number of benzene rings is 11. The topological polar surface area (TPSA) is 8.17 Å². The van der Waals surface area contributed by atoms with Crippen molar-refractivity contribution < 1.29 is 0 Å². The zero-order valence-electron chi connectivity index (χ0n) is 37.0. The third-order valence-electron chi connectivity index (χ3n) is 16.2. The summed E-state index contributed by atoms with van der Waals surface area (Å²) in [6.07, 6.45) is 0. The van der Waals surface area contributed by atoms with Gasteiger partial charge in [0.15, 0.2) is 0 Å². The van der Waals surface area contributed by atoms with E-state index in [4.69, 9.17) is 0 Å². The Bertz CT molecular complexity index is 4140. The second-order valence-corrected chi connectivity index (χ2v) is 19.1. The van der Waals surface area contributed by atoms with Crippen molar-refractivity contribution >= 4 is 49.6 Å². The number of nitrogens with zero attached hydrogens (tertiary/aromatic N) is 2. The molecule has 2 nitrogen and oxygen atoms in total. The normalized spacial score (nSPS) is 15.8. The van der Waals surface area contributed by atoms with E-state index in [1.54, 1.807) is 0 Å². The maximum atomic E-state index is 2.57. The van der Waals surface area contributed by atoms with Crippen molar-refractivity contribution in [3.05, 3.63) is 287 Å². The largest absolute Gasteiger partial charge is 0.310 e. The predicted molar refractivity (Wildman–Crippen MR) is 280 cm³/mol. The van der Waals surface area contributed by atoms with Gasteiger partial charge in [-0.15, -0.1) is 0 Å². The second-order valence-electron chi connectivity index (χ2n) is 19.1. The first-order valence-corrected chi connectivity index (χ1v) is 23.8. The Balaban J connectivity index is 1.02. The number of anilines is 3. The van der Waals surface area contributed by atoms with E-state index in [1.807, 2.05) is 0 Å². The molecule has 2 heteroatoms. The first-order valence-electron chi connectivity index (χ1n) is 23.8. The van der Waals surface area contributed by atoms with Crippen LogP contribution in [0.1, 0.15) is 44.5 Å². The van der Waals surface area contributed by atoms with Crippen LogP contribution in [-0.2, 0) is 10.8 Å². The summed E-state index contributed by atoms with van der Waals surface area (Å²) < 4.78 is 2.53. The predicted octanol–water partition coefficient (Wildman–Crippen LogP) is 16.4. The second kappa shape index (κ2) is 13.0. The van der Waals surface area contributed by atoms with Crippen LogP contribution >= 0.6 is 0 Å². The molecule has 0 saturated heterocycles. The Labute approximate surface area is 394 Å². The van der Waals surface area contributed by atoms with E-state index >= 15 is 0 Å². The van der Waals surface area contributed by atoms with Crippen LogP contribution in [0.15, 0.2) is 243 Å². The van der Waals surface area contributed by atoms with Gasteiger partial charge in [0.1, 0.15) is 0 Å². The first kappa shape index (κ1) is 36.5. The van der Waals surface area contributed by atoms with Gasteiger partial charge in [-0.2, -0.15) is 0 Å². The molecule has 0 amide bonds. The molecule has 1 atom stereocenters. The number of hydrogen-bond donors (Lipinski definition) is 0. The molecule has 11 aromatic carbocycles. The maximum Gasteiger partial charge on any atom is 0.0755 e. The van der Waals surface area contributed by atoms with Crippen LogP contribution in [-0.4, -0.2) is 4.57 Å². The molecule has 16 rings (SSSR count). The van der Waals surface area contributed by atoms with Gasteiger partial charge in [0.05, 0.1) is 33.2 Å². The lowest BCUT2D eigenvalue weighted by Crippen LogP contribution is -2.33. The lowest BCUT2D eigenvalue weighted by molar-refractivity contribution is 0.748. The minimum absolute atomic E-state index is 0.462. The van der Waals surface area contributed by atoms with E-state index in [9.17, 15) is 0 Å². The zero-order chi connectivity index (χ0) is 44.3. The van der Waals surface area contributed by atoms with Gasteiger partial charge in [-0.3, -0.25) is 0 Å². The molecule has 1 unspecified atom stereocenters. The third-order valence-corrected chi connectivity index (χ3v) is 16.2. The SMILES string of the molecule is c1ccc2c(c1)-c1ccccc1C21c2ccccc2-c2c(N(c3ccc4c(c3)C3(c5ccccc5-4)c4ccccc4-n4c5ccccc5c5cccc3c54)c3ccc4ccccc4c3)cccc21. The van der Waals surface area contributed by atoms with Crippen LogP contribution in [0.5, 0.6) is 0 Å². The van der Waals surface area contributed by atoms with Gasteiger partial charge in [0.25, 0.3) is 0 Å². The van der Waals surface area contributed by atoms with Crippen LogP contribution in [0, 0.1) is 0 Å². The quantitative estimate of drug-likeness (QED) is 0.172. The third kappa shape index (κ3) is 4.26. The van der Waals surface area contributed by atoms with E-state index in [0.717, 1.165) is 11.4 Å². The Hall–Kier alpha value is -8.72. The molecule has 4 aliphatic rings. The van der Waals surface area contributed by atoms with Crippen LogP contribution in [0.2, 0.25) is 0 Å². The van der Waals surface area contributed by atoms with Gasteiger partial charge in [-0.05, 0) is 126 Å². The lowest BCUT2D eigenvalue weighted by atomic mass is 9.65. The van der Waals surface area contributed by atoms with Gasteiger partial charge < -0.3 is 9.47 Å². The number of fused-ring (bicyclic) bond motifs is 23. The average molecular weight is 861 g/mol. The van der Waals surface area contributed by atoms with Crippen LogP contribution in [0.25, 0.3) is 71.6 Å². The van der Waals surface area contributed by atoms with Crippen molar-refractivity contribution in [3.8, 4) is 39.1 Å². The van der Waals surface area contributed by atoms with Crippen molar-refractivity contribution in [3.63, 3.8) is 0 Å². The summed E-state index contributed by atoms with van der Waals surface area (Å²) in [7, 11) is 0. The summed E-state index contributed by atoms with van der Waals surface area (Å²) in [6.45, 7) is 0. The fraction of sp³-hybridized carbons (Fsp3) is 0.0303. The highest BCUT2D eigenvalue weighted by molar-refractivity contribution is 6.13. The molecule has 314 valence electrons. The smallest absolute Gasteiger partial charge is 0.0755 e. The highest BCUT2D eigenvalue weighted by atomic mass is 15.1. The zero-order valence-corrected chi connectivity index (χ0v) is 37.0. The van der Waals surface area contributed by atoms with Crippen LogP contribution < -0.4 is 4.90 Å². The summed E-state index contributed by atoms with van der Waals surface area (Å²) in [6, 6.07) is 91.9. The van der Waals surface area contributed by atoms with E-state index in [-0.39, 0.29) is 0 Å². The van der Waals surface area contributed by atoms with E-state index in [2.05, 4.69) is 252 Å². The lowest BCUT2D eigenvalue weighted by Gasteiger charge is -2.40. The molecule has 2 heterocycles. The van der Waals surface area contributed by atoms with Crippen LogP contribution in [0.3, 0.4) is 0 Å². The van der Waals surface area contributed by atoms with Crippen molar-refractivity contribution in [2.24, 2.45) is 0 Å². The minimum atomic E-state index is -0.579. The molecule has 1 aromatic heterocycles. The molecule has 0 N–H and O–H groups in total. The Morgan fingerprint density at radius 1 is 0.309 bits per heavy atom. The number of aromatic nitrogens is 1. The van der Waals surface area contributed by atoms with Gasteiger partial charge in [-0.25, -0.2) is 0 Å². The molecule has 1 aliphatic heterocycles. The Morgan fingerprint density at radius 3 is 1.56 bits per heavy atom. The summed E-state index contributed by atoms with van der Waals surface area (Å²) in [4.78, 5) is 2.57. The van der Waals surface area contributed by atoms with Gasteiger partial charge in [0, 0.05) is 27.7 Å². The first-order chi connectivity index (χ1) is 33.8. The highest BCUT2D eigenvalue weighted by Gasteiger charge is 2.53. The van der Waals surface area contributed by atoms with Crippen LogP contribution in [0.4, 0.5) is 17.1 Å². The molecule has 68 heavy (non-hydrogen) atoms. The van der Waals surface area contributed by atoms with E-state index in [1.165, 1.54) is 122 Å². The number of rotatable bonds is 3. The molecule has 2 spiro atoms. The molecular weight excluding hydrogens is 821 g/mol. The standard InChI is InChI=1S/C66H40N2/c1-2-18-42-39-43(36-35-41(42)17-1)67(62-34-16-30-57-63(62)51-23-6-11-28-55(51)65(57)52-25-8-3-19-45(52)46-20-4-9-26-53(46)65)44-37-38-48-47-21-5-10-27-54(47)66(59(48)40-44)56-29-12-14-33-61(56)68-60-32-13-7-22-49(60)50-24-15-31-58(66)64(50)68/h1-40H. The summed E-state index contributed by atoms with van der Waals surface area (Å²) in [5, 5.41) is 5.00. The molecular formula is C66H40N2. The highest BCUT2D eigenvalue weighted by Crippen LogP contribution is 2.66. The van der Waals surface area contributed by atoms with Gasteiger partial charge in [0.2, 0.25) is 0 Å². The monoisotopic (exact) mass is 860 g/mol. The Morgan fingerprint density at radius 2 is 0.809 bits per heavy atom. The van der Waals surface area contributed by atoms with Gasteiger partial charge in [-0.1, -0.05) is 200 Å². The Kier molecular flexibility index (Phi) is 6.98. The average Bonchev–Trinajstić information content (AvgIpc) is 4.10. The summed E-state index contributed by atoms with van der Waals surface area (Å²) in [5.74, 6) is 0. The van der Waals surface area contributed by atoms with Crippen molar-refractivity contribution in [2.45, 2.75) is 10.8 Å². The van der Waals surface area contributed by atoms with Crippen molar-refractivity contribution in [1.29, 1.82) is 0 Å². The molecule has 3 aliphatic carbocycles. The van der Waals surface area contributed by atoms with E-state index in [0.29, 0.717) is 0 Å². The summed E-state index contributed by atoms with van der Waals surface area (Å²) >= 11 is 0. The fourth-order valence-corrected chi connectivity index (χ4v) is 13.7. The fourth-order valence-electron chi connectivity index (χ4n) is 13.7.